The Bertz CT molecular complexity index is 671. The second-order valence-corrected chi connectivity index (χ2v) is 5.04. The fraction of sp³-hybridized carbons (Fsp3) is 0.188. The molecular weight excluding hydrogens is 290 g/mol. The molecule has 0 unspecified atom stereocenters. The van der Waals surface area contributed by atoms with Gasteiger partial charge >= 0.3 is 5.97 Å². The predicted molar refractivity (Wildman–Crippen MR) is 82.7 cm³/mol. The summed E-state index contributed by atoms with van der Waals surface area (Å²) in [5.74, 6) is -0.0986. The van der Waals surface area contributed by atoms with Crippen LogP contribution < -0.4 is 10.5 Å². The lowest BCUT2D eigenvalue weighted by Crippen LogP contribution is -2.08. The summed E-state index contributed by atoms with van der Waals surface area (Å²) in [5.41, 5.74) is 8.31. The van der Waals surface area contributed by atoms with Crippen molar-refractivity contribution in [3.8, 4) is 5.75 Å². The molecule has 2 N–H and O–H groups in total. The summed E-state index contributed by atoms with van der Waals surface area (Å²) < 4.78 is 10.4. The van der Waals surface area contributed by atoms with Crippen LogP contribution >= 0.6 is 11.6 Å². The molecule has 0 aliphatic rings. The normalized spacial score (nSPS) is 10.2. The number of nitrogens with two attached hydrogens (primary N) is 1. The van der Waals surface area contributed by atoms with Gasteiger partial charge in [0.2, 0.25) is 0 Å². The number of halogens is 1. The van der Waals surface area contributed by atoms with Crippen LogP contribution in [0.1, 0.15) is 21.5 Å². The number of carbonyl (C=O) groups excluding carboxylic acids is 1. The molecule has 4 nitrogen and oxygen atoms in total. The van der Waals surface area contributed by atoms with Crippen molar-refractivity contribution in [1.29, 1.82) is 0 Å². The minimum absolute atomic E-state index is 0.103. The van der Waals surface area contributed by atoms with Crippen LogP contribution in [0.25, 0.3) is 0 Å². The Morgan fingerprint density at radius 2 is 2.00 bits per heavy atom. The maximum atomic E-state index is 12.1. The maximum Gasteiger partial charge on any atom is 0.342 e. The van der Waals surface area contributed by atoms with Crippen LogP contribution in [0, 0.1) is 6.92 Å². The van der Waals surface area contributed by atoms with Gasteiger partial charge in [0.25, 0.3) is 0 Å². The van der Waals surface area contributed by atoms with E-state index in [1.54, 1.807) is 18.2 Å². The second-order valence-electron chi connectivity index (χ2n) is 4.63. The number of hydrogen-bond acceptors (Lipinski definition) is 4. The average molecular weight is 306 g/mol. The highest BCUT2D eigenvalue weighted by molar-refractivity contribution is 6.31. The third kappa shape index (κ3) is 3.67. The van der Waals surface area contributed by atoms with E-state index >= 15 is 0 Å². The van der Waals surface area contributed by atoms with Gasteiger partial charge in [-0.2, -0.15) is 0 Å². The molecule has 0 aliphatic heterocycles. The van der Waals surface area contributed by atoms with E-state index in [0.29, 0.717) is 22.0 Å². The van der Waals surface area contributed by atoms with Crippen molar-refractivity contribution < 1.29 is 14.3 Å². The van der Waals surface area contributed by atoms with Crippen LogP contribution in [0.5, 0.6) is 5.75 Å². The zero-order chi connectivity index (χ0) is 15.4. The van der Waals surface area contributed by atoms with Gasteiger partial charge in [0.05, 0.1) is 7.11 Å². The monoisotopic (exact) mass is 305 g/mol. The van der Waals surface area contributed by atoms with Crippen molar-refractivity contribution in [2.24, 2.45) is 0 Å². The smallest absolute Gasteiger partial charge is 0.342 e. The number of methoxy groups -OCH3 is 1. The topological polar surface area (TPSA) is 61.5 Å². The quantitative estimate of drug-likeness (QED) is 0.692. The molecule has 0 aliphatic carbocycles. The Morgan fingerprint density at radius 1 is 1.24 bits per heavy atom. The van der Waals surface area contributed by atoms with Crippen molar-refractivity contribution in [3.05, 3.63) is 58.1 Å². The van der Waals surface area contributed by atoms with Crippen molar-refractivity contribution >= 4 is 23.3 Å². The lowest BCUT2D eigenvalue weighted by Gasteiger charge is -2.10. The number of benzene rings is 2. The lowest BCUT2D eigenvalue weighted by molar-refractivity contribution is 0.0469. The molecule has 0 atom stereocenters. The van der Waals surface area contributed by atoms with Crippen molar-refractivity contribution in [2.75, 3.05) is 12.8 Å². The highest BCUT2D eigenvalue weighted by atomic mass is 35.5. The van der Waals surface area contributed by atoms with E-state index < -0.39 is 5.97 Å². The van der Waals surface area contributed by atoms with Gasteiger partial charge in [-0.3, -0.25) is 0 Å². The molecule has 110 valence electrons. The number of aryl methyl sites for hydroxylation is 1. The number of ether oxygens (including phenoxy) is 2. The fourth-order valence-electron chi connectivity index (χ4n) is 1.87. The second kappa shape index (κ2) is 6.50. The summed E-state index contributed by atoms with van der Waals surface area (Å²) >= 11 is 6.11. The summed E-state index contributed by atoms with van der Waals surface area (Å²) in [6.45, 7) is 2.05. The van der Waals surface area contributed by atoms with E-state index in [0.717, 1.165) is 11.1 Å². The standard InChI is InChI=1S/C16H16ClNO3/c1-10-3-4-11(14(17)7-10)9-21-16(19)13-6-5-12(18)8-15(13)20-2/h3-8H,9,18H2,1-2H3. The summed E-state index contributed by atoms with van der Waals surface area (Å²) in [6, 6.07) is 10.4. The first-order chi connectivity index (χ1) is 10.0. The van der Waals surface area contributed by atoms with Gasteiger partial charge in [-0.15, -0.1) is 0 Å². The van der Waals surface area contributed by atoms with Gasteiger partial charge in [-0.05, 0) is 30.7 Å². The molecule has 0 bridgehead atoms. The molecule has 0 fully saturated rings. The number of esters is 1. The lowest BCUT2D eigenvalue weighted by atomic mass is 10.1. The molecule has 5 heteroatoms. The Labute approximate surface area is 128 Å². The molecule has 21 heavy (non-hydrogen) atoms. The molecule has 0 heterocycles. The Morgan fingerprint density at radius 3 is 2.67 bits per heavy atom. The molecule has 2 aromatic rings. The van der Waals surface area contributed by atoms with Gasteiger partial charge in [0.1, 0.15) is 17.9 Å². The molecule has 2 aromatic carbocycles. The highest BCUT2D eigenvalue weighted by Gasteiger charge is 2.14. The van der Waals surface area contributed by atoms with Crippen LogP contribution in [0.4, 0.5) is 5.69 Å². The average Bonchev–Trinajstić information content (AvgIpc) is 2.45. The Kier molecular flexibility index (Phi) is 4.70. The van der Waals surface area contributed by atoms with Gasteiger partial charge in [-0.25, -0.2) is 4.79 Å². The minimum atomic E-state index is -0.483. The third-order valence-electron chi connectivity index (χ3n) is 3.01. The van der Waals surface area contributed by atoms with Crippen molar-refractivity contribution in [2.45, 2.75) is 13.5 Å². The van der Waals surface area contributed by atoms with Crippen LogP contribution in [0.3, 0.4) is 0 Å². The van der Waals surface area contributed by atoms with Crippen LogP contribution in [-0.4, -0.2) is 13.1 Å². The molecule has 0 radical (unpaired) electrons. The first-order valence-corrected chi connectivity index (χ1v) is 6.74. The maximum absolute atomic E-state index is 12.1. The van der Waals surface area contributed by atoms with Gasteiger partial charge < -0.3 is 15.2 Å². The molecule has 0 spiro atoms. The zero-order valence-corrected chi connectivity index (χ0v) is 12.6. The van der Waals surface area contributed by atoms with E-state index in [2.05, 4.69) is 0 Å². The van der Waals surface area contributed by atoms with Crippen LogP contribution in [0.2, 0.25) is 5.02 Å². The minimum Gasteiger partial charge on any atom is -0.496 e. The molecule has 0 amide bonds. The van der Waals surface area contributed by atoms with E-state index in [9.17, 15) is 4.79 Å². The highest BCUT2D eigenvalue weighted by Crippen LogP contribution is 2.24. The number of hydrogen-bond donors (Lipinski definition) is 1. The van der Waals surface area contributed by atoms with E-state index in [-0.39, 0.29) is 6.61 Å². The zero-order valence-electron chi connectivity index (χ0n) is 11.9. The molecule has 0 saturated carbocycles. The molecule has 0 aromatic heterocycles. The SMILES string of the molecule is COc1cc(N)ccc1C(=O)OCc1ccc(C)cc1Cl. The van der Waals surface area contributed by atoms with E-state index in [1.807, 2.05) is 25.1 Å². The number of nitrogen functional groups attached to an aromatic ring is 1. The summed E-state index contributed by atoms with van der Waals surface area (Å²) in [5, 5.41) is 0.576. The van der Waals surface area contributed by atoms with Crippen LogP contribution in [0.15, 0.2) is 36.4 Å². The fourth-order valence-corrected chi connectivity index (χ4v) is 2.16. The Balaban J connectivity index is 2.11. The third-order valence-corrected chi connectivity index (χ3v) is 3.36. The van der Waals surface area contributed by atoms with Crippen molar-refractivity contribution in [1.82, 2.24) is 0 Å². The van der Waals surface area contributed by atoms with Gasteiger partial charge in [-0.1, -0.05) is 23.7 Å². The first kappa shape index (κ1) is 15.2. The van der Waals surface area contributed by atoms with E-state index in [4.69, 9.17) is 26.8 Å². The number of rotatable bonds is 4. The summed E-state index contributed by atoms with van der Waals surface area (Å²) in [6.07, 6.45) is 0. The molecule has 0 saturated heterocycles. The molecule has 2 rings (SSSR count). The molecular formula is C16H16ClNO3. The van der Waals surface area contributed by atoms with E-state index in [1.165, 1.54) is 7.11 Å². The van der Waals surface area contributed by atoms with Gasteiger partial charge in [0, 0.05) is 22.3 Å². The van der Waals surface area contributed by atoms with Gasteiger partial charge in [0.15, 0.2) is 0 Å². The van der Waals surface area contributed by atoms with Crippen LogP contribution in [-0.2, 0) is 11.3 Å². The van der Waals surface area contributed by atoms with Crippen molar-refractivity contribution in [3.63, 3.8) is 0 Å². The first-order valence-electron chi connectivity index (χ1n) is 6.37. The Hall–Kier alpha value is -2.20. The summed E-state index contributed by atoms with van der Waals surface area (Å²) in [7, 11) is 1.47. The summed E-state index contributed by atoms with van der Waals surface area (Å²) in [4.78, 5) is 12.1. The number of carbonyl (C=O) groups is 1. The largest absolute Gasteiger partial charge is 0.496 e. The number of anilines is 1. The predicted octanol–water partition coefficient (Wildman–Crippen LogP) is 3.60.